The Morgan fingerprint density at radius 1 is 0.780 bits per heavy atom. The van der Waals surface area contributed by atoms with Crippen molar-refractivity contribution in [3.8, 4) is 11.5 Å². The average Bonchev–Trinajstić information content (AvgIpc) is 1.68. The van der Waals surface area contributed by atoms with Crippen molar-refractivity contribution in [2.45, 2.75) is 192 Å². The number of aliphatic hydroxyl groups excluding tert-OH is 1. The number of ketones is 3. The van der Waals surface area contributed by atoms with E-state index in [9.17, 15) is 48.3 Å². The average molecular weight is 1510 g/mol. The maximum absolute atomic E-state index is 16.3. The van der Waals surface area contributed by atoms with Gasteiger partial charge in [-0.1, -0.05) is 63.6 Å². The van der Waals surface area contributed by atoms with Gasteiger partial charge in [0.1, 0.15) is 60.1 Å². The monoisotopic (exact) mass is 1510 g/mol. The molecule has 4 aromatic carbocycles. The zero-order valence-corrected chi connectivity index (χ0v) is 62.6. The molecule has 5 aromatic rings. The summed E-state index contributed by atoms with van der Waals surface area (Å²) < 4.78 is 57.7. The number of carbonyl (C=O) groups excluding carboxylic acids is 12. The standard InChI is InChI=1S/C80H100F3N11O15/c1-44-66(96)36-52(33-53-42-87-61-25-20-55(82)39-60(53)61)73(102)89-64(34-49-17-16-48-18-19-54(81)38-59(48)49)76(105)93-43-56(83)40-65(93)74(103)92-70(45(2)95)75(104)90-63(32-47-12-21-57(108-7)22-13-47)77(106)94-29-10-26-80(94,6)68(98)37-51(71(85)100)31-46-14-23-58(24-15-46)109-30-28-86-69(99)41-62(91-78(107)79(3,4)5)67(97)35-50(72(101)88-44)11-8-9-27-84/h12-15,17-25,38-39,42,44-45,50-52,56,62-65,70,87,95H,8-11,16,26-37,40-41,43,84H2,1-7H3,(H2,85,100)(H,86,99)(H,88,101)(H,89,102)(H,90,104)(H,91,107)(H,92,103)/t44-,45-,50-,51-,52-,56+,62+,63+,64+,65+,70+,80+/m1/s1. The molecule has 109 heavy (non-hydrogen) atoms. The second-order valence-corrected chi connectivity index (χ2v) is 30.3. The third-order valence-electron chi connectivity index (χ3n) is 21.0. The minimum atomic E-state index is -1.89. The van der Waals surface area contributed by atoms with Gasteiger partial charge in [-0.25, -0.2) is 13.2 Å². The Balaban J connectivity index is 1.07. The van der Waals surface area contributed by atoms with Crippen molar-refractivity contribution in [3.63, 3.8) is 0 Å². The molecule has 26 nitrogen and oxygen atoms in total. The van der Waals surface area contributed by atoms with E-state index in [-0.39, 0.29) is 71.2 Å². The number of unbranched alkanes of at least 4 members (excludes halogenated alkanes) is 1. The van der Waals surface area contributed by atoms with Crippen LogP contribution in [-0.4, -0.2) is 184 Å². The minimum absolute atomic E-state index is 0.00250. The third-order valence-corrected chi connectivity index (χ3v) is 21.0. The van der Waals surface area contributed by atoms with Crippen LogP contribution in [0.15, 0.2) is 97.2 Å². The quantitative estimate of drug-likeness (QED) is 0.0658. The summed E-state index contributed by atoms with van der Waals surface area (Å²) in [7, 11) is 1.46. The molecule has 10 rings (SSSR count). The smallest absolute Gasteiger partial charge is 0.246 e. The van der Waals surface area contributed by atoms with Crippen molar-refractivity contribution in [3.05, 3.63) is 137 Å². The number of aliphatic hydroxyl groups is 1. The van der Waals surface area contributed by atoms with Crippen LogP contribution < -0.4 is 52.8 Å². The van der Waals surface area contributed by atoms with Gasteiger partial charge in [0.2, 0.25) is 53.2 Å². The van der Waals surface area contributed by atoms with Crippen LogP contribution in [0.4, 0.5) is 13.2 Å². The largest absolute Gasteiger partial charge is 0.497 e. The molecular formula is C80H100F3N11O15. The predicted octanol–water partition coefficient (Wildman–Crippen LogP) is 4.94. The molecule has 4 aliphatic heterocycles. The van der Waals surface area contributed by atoms with Gasteiger partial charge in [-0.15, -0.1) is 0 Å². The zero-order chi connectivity index (χ0) is 79.2. The Kier molecular flexibility index (Phi) is 27.9. The van der Waals surface area contributed by atoms with Crippen molar-refractivity contribution in [2.24, 2.45) is 34.6 Å². The second kappa shape index (κ2) is 36.7. The van der Waals surface area contributed by atoms with E-state index < -0.39 is 198 Å². The molecule has 2 fully saturated rings. The number of fused-ring (bicyclic) bond motifs is 32. The lowest BCUT2D eigenvalue weighted by atomic mass is 9.84. The maximum atomic E-state index is 16.3. The number of hydrogen-bond donors (Lipinski definition) is 10. The number of nitrogens with two attached hydrogens (primary N) is 2. The molecular weight excluding hydrogens is 1410 g/mol. The molecule has 12 N–H and O–H groups in total. The van der Waals surface area contributed by atoms with E-state index in [0.29, 0.717) is 75.1 Å². The number of amides is 9. The molecule has 29 heteroatoms. The van der Waals surface area contributed by atoms with Crippen LogP contribution in [0.2, 0.25) is 0 Å². The van der Waals surface area contributed by atoms with Gasteiger partial charge in [-0.3, -0.25) is 57.5 Å². The summed E-state index contributed by atoms with van der Waals surface area (Å²) in [6.45, 7) is 8.34. The van der Waals surface area contributed by atoms with Gasteiger partial charge in [0.15, 0.2) is 17.3 Å². The first-order chi connectivity index (χ1) is 51.7. The predicted molar refractivity (Wildman–Crippen MR) is 397 cm³/mol. The Morgan fingerprint density at radius 2 is 1.46 bits per heavy atom. The third kappa shape index (κ3) is 21.4. The topological polar surface area (TPSA) is 390 Å². The number of Topliss-reactive ketones (excluding diaryl/α,β-unsaturated/α-hetero) is 3. The van der Waals surface area contributed by atoms with Crippen molar-refractivity contribution >= 4 is 87.0 Å². The number of methoxy groups -OCH3 is 1. The van der Waals surface area contributed by atoms with Gasteiger partial charge in [0.25, 0.3) is 0 Å². The molecule has 1 aliphatic carbocycles. The first kappa shape index (κ1) is 82.8. The number of hydrogen-bond acceptors (Lipinski definition) is 16. The lowest BCUT2D eigenvalue weighted by Crippen LogP contribution is -2.62. The van der Waals surface area contributed by atoms with Crippen LogP contribution in [-0.2, 0) is 83.2 Å². The lowest BCUT2D eigenvalue weighted by Gasteiger charge is -2.37. The molecule has 0 unspecified atom stereocenters. The second-order valence-electron chi connectivity index (χ2n) is 30.3. The fourth-order valence-corrected chi connectivity index (χ4v) is 14.5. The van der Waals surface area contributed by atoms with E-state index >= 15 is 27.6 Å². The van der Waals surface area contributed by atoms with Gasteiger partial charge in [-0.2, -0.15) is 0 Å². The number of aromatic nitrogens is 1. The van der Waals surface area contributed by atoms with Crippen LogP contribution in [0, 0.1) is 34.8 Å². The van der Waals surface area contributed by atoms with E-state index in [0.717, 1.165) is 4.90 Å². The molecule has 5 heterocycles. The molecule has 12 atom stereocenters. The van der Waals surface area contributed by atoms with Crippen molar-refractivity contribution in [1.82, 2.24) is 46.7 Å². The highest BCUT2D eigenvalue weighted by atomic mass is 19.1. The Morgan fingerprint density at radius 3 is 2.15 bits per heavy atom. The SMILES string of the molecule is COc1ccc(C[C@@H]2NC(=O)[C@H]([C@@H](C)O)NC(=O)[C@@H]3C[C@H](F)CN3C(=O)[C@H](CC3=CCc4ccc(F)cc43)NC(=O)[C@H](Cc3c[nH]c4ccc(F)cc34)CC(=O)[C@@H](C)NC(=O)[C@H](CCCCN)CC(=O)[C@@H](NC(=O)C(C)(C)C)CC(=O)NCCOc3ccc(cc3)C[C@@H](C(N)=O)CC(=O)[C@]3(C)CCCN3C2=O)cc1. The highest BCUT2D eigenvalue weighted by Crippen LogP contribution is 2.36. The van der Waals surface area contributed by atoms with Crippen LogP contribution in [0.25, 0.3) is 16.5 Å². The number of alkyl halides is 1. The molecule has 0 saturated carbocycles. The number of halogens is 3. The number of aromatic amines is 1. The number of carbonyl (C=O) groups is 12. The molecule has 1 aromatic heterocycles. The fourth-order valence-electron chi connectivity index (χ4n) is 14.5. The van der Waals surface area contributed by atoms with Gasteiger partial charge in [-0.05, 0) is 160 Å². The summed E-state index contributed by atoms with van der Waals surface area (Å²) in [5.41, 5.74) is 12.6. The lowest BCUT2D eigenvalue weighted by molar-refractivity contribution is -0.147. The number of benzene rings is 4. The Hall–Kier alpha value is -10.3. The van der Waals surface area contributed by atoms with Gasteiger partial charge < -0.3 is 72.7 Å². The van der Waals surface area contributed by atoms with Gasteiger partial charge in [0.05, 0.1) is 50.3 Å². The highest BCUT2D eigenvalue weighted by molar-refractivity contribution is 6.01. The maximum Gasteiger partial charge on any atom is 0.246 e. The van der Waals surface area contributed by atoms with Gasteiger partial charge >= 0.3 is 0 Å². The molecule has 2 saturated heterocycles. The number of allylic oxidation sites excluding steroid dienone is 1. The van der Waals surface area contributed by atoms with Crippen molar-refractivity contribution in [2.75, 3.05) is 39.9 Å². The van der Waals surface area contributed by atoms with Crippen LogP contribution in [0.5, 0.6) is 11.5 Å². The number of rotatable bonds is 14. The van der Waals surface area contributed by atoms with E-state index in [2.05, 4.69) is 36.9 Å². The number of primary amides is 1. The van der Waals surface area contributed by atoms with Crippen LogP contribution in [0.1, 0.15) is 140 Å². The van der Waals surface area contributed by atoms with Crippen molar-refractivity contribution < 1.29 is 85.3 Å². The summed E-state index contributed by atoms with van der Waals surface area (Å²) in [5.74, 6) is -13.7. The van der Waals surface area contributed by atoms with E-state index in [1.807, 2.05) is 0 Å². The Bertz CT molecular complexity index is 4240. The van der Waals surface area contributed by atoms with E-state index in [1.165, 1.54) is 62.4 Å². The van der Waals surface area contributed by atoms with Crippen LogP contribution >= 0.6 is 0 Å². The normalized spacial score (nSPS) is 25.6. The first-order valence-electron chi connectivity index (χ1n) is 37.1. The summed E-state index contributed by atoms with van der Waals surface area (Å²) >= 11 is 0. The molecule has 0 radical (unpaired) electrons. The number of nitrogens with zero attached hydrogens (tertiary/aromatic N) is 2. The van der Waals surface area contributed by atoms with Gasteiger partial charge in [0, 0.05) is 85.3 Å². The summed E-state index contributed by atoms with van der Waals surface area (Å²) in [4.78, 5) is 180. The zero-order valence-electron chi connectivity index (χ0n) is 62.6. The fraction of sp³-hybridized carbons (Fsp3) is 0.500. The molecule has 2 bridgehead atoms. The van der Waals surface area contributed by atoms with Crippen molar-refractivity contribution in [1.29, 1.82) is 0 Å². The number of ether oxygens (including phenoxy) is 2. The molecule has 5 aliphatic rings. The molecule has 586 valence electrons. The summed E-state index contributed by atoms with van der Waals surface area (Å²) in [6, 6.07) is 11.4. The number of H-pyrrole nitrogens is 1. The van der Waals surface area contributed by atoms with Crippen LogP contribution in [0.3, 0.4) is 0 Å². The molecule has 0 spiro atoms. The number of nitrogens with one attached hydrogen (secondary N) is 7. The summed E-state index contributed by atoms with van der Waals surface area (Å²) in [6.07, 6.45) is -2.42. The minimum Gasteiger partial charge on any atom is -0.497 e. The molecule has 9 amide bonds. The van der Waals surface area contributed by atoms with E-state index in [1.54, 1.807) is 88.4 Å². The highest BCUT2D eigenvalue weighted by Gasteiger charge is 2.49. The summed E-state index contributed by atoms with van der Waals surface area (Å²) in [5, 5.41) is 27.8. The first-order valence-corrected chi connectivity index (χ1v) is 37.1. The van der Waals surface area contributed by atoms with E-state index in [4.69, 9.17) is 20.9 Å². The Labute approximate surface area is 630 Å².